The molecule has 2 N–H and O–H groups in total. The Balaban J connectivity index is 3.30. The van der Waals surface area contributed by atoms with Crippen LogP contribution in [0, 0.1) is 6.92 Å². The molecule has 1 rings (SSSR count). The monoisotopic (exact) mass is 278 g/mol. The van der Waals surface area contributed by atoms with Crippen LogP contribution in [0.1, 0.15) is 39.4 Å². The molecule has 0 bridgehead atoms. The Bertz CT molecular complexity index is 435. The molecule has 0 saturated heterocycles. The van der Waals surface area contributed by atoms with Crippen LogP contribution in [0.2, 0.25) is 0 Å². The van der Waals surface area contributed by atoms with E-state index < -0.39 is 12.7 Å². The third-order valence-electron chi connectivity index (χ3n) is 2.84. The van der Waals surface area contributed by atoms with Crippen molar-refractivity contribution in [2.24, 2.45) is 0 Å². The molecule has 19 heavy (non-hydrogen) atoms. The second-order valence-electron chi connectivity index (χ2n) is 5.20. The number of hydrogen-bond acceptors (Lipinski definition) is 3. The van der Waals surface area contributed by atoms with Crippen molar-refractivity contribution in [3.63, 3.8) is 0 Å². The van der Waals surface area contributed by atoms with Crippen LogP contribution in [0.3, 0.4) is 0 Å². The molecule has 0 spiro atoms. The highest BCUT2D eigenvalue weighted by Crippen LogP contribution is 2.32. The summed E-state index contributed by atoms with van der Waals surface area (Å²) in [6, 6.07) is -0.377. The predicted octanol–water partition coefficient (Wildman–Crippen LogP) is 3.13. The van der Waals surface area contributed by atoms with E-state index in [1.54, 1.807) is 25.5 Å². The van der Waals surface area contributed by atoms with E-state index in [0.29, 0.717) is 17.2 Å². The van der Waals surface area contributed by atoms with Gasteiger partial charge in [-0.05, 0) is 34.6 Å². The van der Waals surface area contributed by atoms with Gasteiger partial charge in [0.2, 0.25) is 0 Å². The van der Waals surface area contributed by atoms with Gasteiger partial charge in [-0.1, -0.05) is 0 Å². The zero-order chi connectivity index (χ0) is 15.0. The fourth-order valence-electron chi connectivity index (χ4n) is 1.89. The minimum Gasteiger partial charge on any atom is -0.394 e. The van der Waals surface area contributed by atoms with E-state index in [-0.39, 0.29) is 12.1 Å². The molecule has 0 aromatic carbocycles. The number of nitrogens with two attached hydrogens (primary N) is 1. The Morgan fingerprint density at radius 2 is 1.79 bits per heavy atom. The molecule has 0 aliphatic rings. The highest BCUT2D eigenvalue weighted by atomic mass is 19.4. The van der Waals surface area contributed by atoms with Crippen molar-refractivity contribution < 1.29 is 13.2 Å². The number of halogens is 3. The van der Waals surface area contributed by atoms with Gasteiger partial charge in [-0.15, -0.1) is 0 Å². The molecular formula is C12H21F3N4. The molecule has 1 aromatic rings. The van der Waals surface area contributed by atoms with E-state index in [9.17, 15) is 13.2 Å². The second-order valence-corrected chi connectivity index (χ2v) is 5.20. The Morgan fingerprint density at radius 1 is 1.26 bits per heavy atom. The summed E-state index contributed by atoms with van der Waals surface area (Å²) in [5.41, 5.74) is 6.77. The van der Waals surface area contributed by atoms with Crippen LogP contribution < -0.4 is 10.6 Å². The smallest absolute Gasteiger partial charge is 0.394 e. The molecule has 1 aromatic heterocycles. The van der Waals surface area contributed by atoms with Crippen molar-refractivity contribution in [3.8, 4) is 0 Å². The summed E-state index contributed by atoms with van der Waals surface area (Å²) in [6.45, 7) is 7.80. The lowest BCUT2D eigenvalue weighted by Crippen LogP contribution is -2.41. The van der Waals surface area contributed by atoms with Gasteiger partial charge in [-0.2, -0.15) is 18.3 Å². The van der Waals surface area contributed by atoms with E-state index in [4.69, 9.17) is 5.73 Å². The highest BCUT2D eigenvalue weighted by molar-refractivity contribution is 5.66. The normalized spacial score (nSPS) is 12.5. The number of aryl methyl sites for hydroxylation is 1. The van der Waals surface area contributed by atoms with E-state index >= 15 is 0 Å². The predicted molar refractivity (Wildman–Crippen MR) is 70.3 cm³/mol. The zero-order valence-corrected chi connectivity index (χ0v) is 11.9. The van der Waals surface area contributed by atoms with E-state index in [1.807, 2.05) is 13.8 Å². The van der Waals surface area contributed by atoms with Crippen LogP contribution >= 0.6 is 0 Å². The van der Waals surface area contributed by atoms with Crippen molar-refractivity contribution in [2.45, 2.75) is 52.9 Å². The molecule has 0 aliphatic carbocycles. The third-order valence-corrected chi connectivity index (χ3v) is 2.84. The Labute approximate surface area is 111 Å². The molecule has 0 atom stereocenters. The third kappa shape index (κ3) is 3.54. The van der Waals surface area contributed by atoms with Crippen molar-refractivity contribution in [1.29, 1.82) is 0 Å². The molecule has 0 unspecified atom stereocenters. The first-order valence-corrected chi connectivity index (χ1v) is 6.22. The summed E-state index contributed by atoms with van der Waals surface area (Å²) in [5, 5.41) is 4.23. The Hall–Kier alpha value is -1.40. The topological polar surface area (TPSA) is 47.1 Å². The van der Waals surface area contributed by atoms with E-state index in [2.05, 4.69) is 5.10 Å². The molecule has 7 heteroatoms. The first-order chi connectivity index (χ1) is 8.54. The molecule has 0 radical (unpaired) electrons. The average molecular weight is 278 g/mol. The quantitative estimate of drug-likeness (QED) is 0.920. The maximum Gasteiger partial charge on any atom is 0.405 e. The Morgan fingerprint density at radius 3 is 2.16 bits per heavy atom. The van der Waals surface area contributed by atoms with Crippen molar-refractivity contribution in [2.75, 3.05) is 17.2 Å². The molecule has 0 amide bonds. The van der Waals surface area contributed by atoms with Gasteiger partial charge in [0.15, 0.2) is 5.82 Å². The molecule has 0 fully saturated rings. The van der Waals surface area contributed by atoms with Gasteiger partial charge >= 0.3 is 6.18 Å². The maximum atomic E-state index is 12.7. The van der Waals surface area contributed by atoms with Crippen LogP contribution in [0.5, 0.6) is 0 Å². The van der Waals surface area contributed by atoms with Gasteiger partial charge in [0.05, 0.1) is 11.4 Å². The summed E-state index contributed by atoms with van der Waals surface area (Å²) in [5.74, 6) is 0.347. The largest absolute Gasteiger partial charge is 0.405 e. The number of alkyl halides is 3. The minimum absolute atomic E-state index is 0.0551. The summed E-state index contributed by atoms with van der Waals surface area (Å²) in [4.78, 5) is 1.25. The van der Waals surface area contributed by atoms with Gasteiger partial charge < -0.3 is 10.6 Å². The van der Waals surface area contributed by atoms with Crippen LogP contribution in [0.25, 0.3) is 0 Å². The van der Waals surface area contributed by atoms with Crippen LogP contribution in [-0.4, -0.2) is 28.5 Å². The standard InChI is InChI=1S/C12H21F3N4/c1-7(2)18(6-12(13,14)15)11-10(16)9(5)17-19(11)8(3)4/h7-8H,6,16H2,1-5H3. The molecule has 4 nitrogen and oxygen atoms in total. The van der Waals surface area contributed by atoms with Crippen molar-refractivity contribution >= 4 is 11.5 Å². The minimum atomic E-state index is -4.28. The van der Waals surface area contributed by atoms with Gasteiger partial charge in [-0.25, -0.2) is 4.68 Å². The van der Waals surface area contributed by atoms with Gasteiger partial charge in [-0.3, -0.25) is 0 Å². The maximum absolute atomic E-state index is 12.7. The molecular weight excluding hydrogens is 257 g/mol. The lowest BCUT2D eigenvalue weighted by Gasteiger charge is -2.31. The van der Waals surface area contributed by atoms with E-state index in [1.165, 1.54) is 4.90 Å². The zero-order valence-electron chi connectivity index (χ0n) is 11.9. The van der Waals surface area contributed by atoms with Gasteiger partial charge in [0, 0.05) is 12.1 Å². The summed E-state index contributed by atoms with van der Waals surface area (Å²) < 4.78 is 39.7. The SMILES string of the molecule is Cc1nn(C(C)C)c(N(CC(F)(F)F)C(C)C)c1N. The van der Waals surface area contributed by atoms with Crippen molar-refractivity contribution in [3.05, 3.63) is 5.69 Å². The number of rotatable bonds is 4. The Kier molecular flexibility index (Phi) is 4.37. The molecule has 0 saturated carbocycles. The van der Waals surface area contributed by atoms with Crippen LogP contribution in [0.15, 0.2) is 0 Å². The molecule has 1 heterocycles. The fourth-order valence-corrected chi connectivity index (χ4v) is 1.89. The lowest BCUT2D eigenvalue weighted by molar-refractivity contribution is -0.120. The number of hydrogen-bond donors (Lipinski definition) is 1. The lowest BCUT2D eigenvalue weighted by atomic mass is 10.2. The van der Waals surface area contributed by atoms with Gasteiger partial charge in [0.1, 0.15) is 6.54 Å². The summed E-state index contributed by atoms with van der Waals surface area (Å²) in [6.07, 6.45) is -4.28. The van der Waals surface area contributed by atoms with Gasteiger partial charge in [0.25, 0.3) is 0 Å². The fraction of sp³-hybridized carbons (Fsp3) is 0.750. The number of anilines is 2. The number of nitrogen functional groups attached to an aromatic ring is 1. The number of nitrogens with zero attached hydrogens (tertiary/aromatic N) is 3. The first kappa shape index (κ1) is 15.7. The van der Waals surface area contributed by atoms with Crippen LogP contribution in [0.4, 0.5) is 24.7 Å². The molecule has 110 valence electrons. The van der Waals surface area contributed by atoms with E-state index in [0.717, 1.165) is 0 Å². The number of aromatic nitrogens is 2. The summed E-state index contributed by atoms with van der Waals surface area (Å²) in [7, 11) is 0. The first-order valence-electron chi connectivity index (χ1n) is 6.22. The average Bonchev–Trinajstić information content (AvgIpc) is 2.51. The van der Waals surface area contributed by atoms with Crippen LogP contribution in [-0.2, 0) is 0 Å². The second kappa shape index (κ2) is 5.30. The molecule has 0 aliphatic heterocycles. The van der Waals surface area contributed by atoms with Crippen molar-refractivity contribution in [1.82, 2.24) is 9.78 Å². The highest BCUT2D eigenvalue weighted by Gasteiger charge is 2.34. The summed E-state index contributed by atoms with van der Waals surface area (Å²) >= 11 is 0.